The first-order valence-electron chi connectivity index (χ1n) is 7.83. The minimum Gasteiger partial charge on any atom is -0.466 e. The maximum absolute atomic E-state index is 13.1. The number of ether oxygens (including phenoxy) is 2. The summed E-state index contributed by atoms with van der Waals surface area (Å²) in [4.78, 5) is 22.7. The van der Waals surface area contributed by atoms with Crippen molar-refractivity contribution in [1.29, 1.82) is 0 Å². The molecule has 0 amide bonds. The number of hydrogen-bond donors (Lipinski definition) is 0. The van der Waals surface area contributed by atoms with E-state index in [1.165, 1.54) is 12.1 Å². The van der Waals surface area contributed by atoms with Crippen molar-refractivity contribution in [3.8, 4) is 11.5 Å². The van der Waals surface area contributed by atoms with Gasteiger partial charge in [-0.25, -0.2) is 0 Å². The monoisotopic (exact) mass is 366 g/mol. The lowest BCUT2D eigenvalue weighted by atomic mass is 10.1. The molecule has 4 nitrogen and oxygen atoms in total. The van der Waals surface area contributed by atoms with Gasteiger partial charge in [0.25, 0.3) is 0 Å². The van der Waals surface area contributed by atoms with Crippen LogP contribution in [0, 0.1) is 6.92 Å². The Morgan fingerprint density at radius 1 is 1.15 bits per heavy atom. The van der Waals surface area contributed by atoms with E-state index in [0.717, 1.165) is 17.7 Å². The number of benzene rings is 2. The second-order valence-corrected chi connectivity index (χ2v) is 5.61. The van der Waals surface area contributed by atoms with Gasteiger partial charge >= 0.3 is 12.1 Å². The minimum atomic E-state index is -4.61. The number of alkyl halides is 3. The van der Waals surface area contributed by atoms with Crippen LogP contribution in [0.4, 0.5) is 13.2 Å². The number of hydrogen-bond acceptors (Lipinski definition) is 4. The molecule has 0 aliphatic carbocycles. The van der Waals surface area contributed by atoms with E-state index < -0.39 is 17.7 Å². The zero-order valence-electron chi connectivity index (χ0n) is 14.2. The molecule has 0 spiro atoms. The van der Waals surface area contributed by atoms with Crippen molar-refractivity contribution in [2.75, 3.05) is 6.61 Å². The van der Waals surface area contributed by atoms with Gasteiger partial charge in [-0.2, -0.15) is 13.2 Å². The summed E-state index contributed by atoms with van der Waals surface area (Å²) in [6.45, 7) is 3.52. The number of carbonyl (C=O) groups excluding carboxylic acids is 2. The molecule has 0 heterocycles. The highest BCUT2D eigenvalue weighted by atomic mass is 19.4. The molecule has 0 fully saturated rings. The lowest BCUT2D eigenvalue weighted by Gasteiger charge is -2.14. The number of aldehydes is 1. The Kier molecular flexibility index (Phi) is 6.02. The normalized spacial score (nSPS) is 11.1. The van der Waals surface area contributed by atoms with Crippen LogP contribution in [-0.2, 0) is 22.1 Å². The molecule has 0 N–H and O–H groups in total. The Labute approximate surface area is 148 Å². The lowest BCUT2D eigenvalue weighted by Crippen LogP contribution is -2.10. The van der Waals surface area contributed by atoms with Crippen LogP contribution in [-0.4, -0.2) is 18.9 Å². The van der Waals surface area contributed by atoms with Crippen LogP contribution in [0.3, 0.4) is 0 Å². The van der Waals surface area contributed by atoms with Crippen molar-refractivity contribution in [2.24, 2.45) is 0 Å². The molecule has 138 valence electrons. The fourth-order valence-electron chi connectivity index (χ4n) is 2.34. The first-order chi connectivity index (χ1) is 12.2. The number of rotatable bonds is 6. The van der Waals surface area contributed by atoms with E-state index in [1.807, 2.05) is 0 Å². The first kappa shape index (κ1) is 19.5. The summed E-state index contributed by atoms with van der Waals surface area (Å²) in [6, 6.07) is 7.76. The van der Waals surface area contributed by atoms with Gasteiger partial charge in [0.05, 0.1) is 24.2 Å². The Balaban J connectivity index is 2.41. The predicted octanol–water partition coefficient (Wildman–Crippen LogP) is 4.72. The third kappa shape index (κ3) is 5.08. The van der Waals surface area contributed by atoms with Crippen molar-refractivity contribution < 1.29 is 32.2 Å². The first-order valence-corrected chi connectivity index (χ1v) is 7.83. The molecule has 0 aromatic heterocycles. The Bertz CT molecular complexity index is 813. The van der Waals surface area contributed by atoms with Gasteiger partial charge in [-0.05, 0) is 49.7 Å². The van der Waals surface area contributed by atoms with Crippen LogP contribution in [0.1, 0.15) is 34.0 Å². The van der Waals surface area contributed by atoms with Gasteiger partial charge in [0, 0.05) is 0 Å². The second kappa shape index (κ2) is 8.03. The number of carbonyl (C=O) groups is 2. The van der Waals surface area contributed by atoms with Gasteiger partial charge in [0.2, 0.25) is 0 Å². The van der Waals surface area contributed by atoms with E-state index in [-0.39, 0.29) is 35.7 Å². The Morgan fingerprint density at radius 2 is 1.88 bits per heavy atom. The maximum Gasteiger partial charge on any atom is 0.416 e. The zero-order chi connectivity index (χ0) is 19.3. The number of aryl methyl sites for hydroxylation is 1. The van der Waals surface area contributed by atoms with Crippen molar-refractivity contribution in [2.45, 2.75) is 26.4 Å². The molecular formula is C19H17F3O4. The number of esters is 1. The molecule has 0 radical (unpaired) electrons. The van der Waals surface area contributed by atoms with Crippen molar-refractivity contribution in [3.63, 3.8) is 0 Å². The molecule has 0 aliphatic heterocycles. The van der Waals surface area contributed by atoms with Crippen molar-refractivity contribution in [1.82, 2.24) is 0 Å². The summed E-state index contributed by atoms with van der Waals surface area (Å²) >= 11 is 0. The predicted molar refractivity (Wildman–Crippen MR) is 88.4 cm³/mol. The van der Waals surface area contributed by atoms with E-state index in [0.29, 0.717) is 6.29 Å². The fraction of sp³-hybridized carbons (Fsp3) is 0.263. The molecule has 2 aromatic carbocycles. The summed E-state index contributed by atoms with van der Waals surface area (Å²) in [5, 5.41) is 0. The molecule has 2 rings (SSSR count). The average molecular weight is 366 g/mol. The van der Waals surface area contributed by atoms with Gasteiger partial charge in [-0.1, -0.05) is 11.6 Å². The topological polar surface area (TPSA) is 52.6 Å². The fourth-order valence-corrected chi connectivity index (χ4v) is 2.34. The quantitative estimate of drug-likeness (QED) is 0.548. The van der Waals surface area contributed by atoms with Crippen LogP contribution >= 0.6 is 0 Å². The molecule has 7 heteroatoms. The summed E-state index contributed by atoms with van der Waals surface area (Å²) in [5.74, 6) is -0.625. The SMILES string of the molecule is CCOC(=O)Cc1cc(Oc2ccc(C)cc2C=O)cc(C(F)(F)F)c1. The van der Waals surface area contributed by atoms with Crippen LogP contribution in [0.15, 0.2) is 36.4 Å². The highest BCUT2D eigenvalue weighted by molar-refractivity contribution is 5.80. The molecule has 0 bridgehead atoms. The standard InChI is InChI=1S/C19H17F3O4/c1-3-25-18(24)9-13-7-15(19(20,21)22)10-16(8-13)26-17-5-4-12(2)6-14(17)11-23/h4-8,10-11H,3,9H2,1-2H3. The van der Waals surface area contributed by atoms with Gasteiger partial charge in [-0.3, -0.25) is 9.59 Å². The molecule has 0 atom stereocenters. The van der Waals surface area contributed by atoms with Gasteiger partial charge in [-0.15, -0.1) is 0 Å². The smallest absolute Gasteiger partial charge is 0.416 e. The average Bonchev–Trinajstić information content (AvgIpc) is 2.55. The highest BCUT2D eigenvalue weighted by Crippen LogP contribution is 2.35. The largest absolute Gasteiger partial charge is 0.466 e. The third-order valence-electron chi connectivity index (χ3n) is 3.47. The number of halogens is 3. The molecule has 0 unspecified atom stereocenters. The summed E-state index contributed by atoms with van der Waals surface area (Å²) in [6.07, 6.45) is -4.36. The third-order valence-corrected chi connectivity index (χ3v) is 3.47. The molecule has 0 saturated heterocycles. The van der Waals surface area contributed by atoms with Crippen LogP contribution in [0.5, 0.6) is 11.5 Å². The minimum absolute atomic E-state index is 0.105. The molecule has 0 saturated carbocycles. The van der Waals surface area contributed by atoms with Gasteiger partial charge in [0.1, 0.15) is 11.5 Å². The van der Waals surface area contributed by atoms with Crippen molar-refractivity contribution >= 4 is 12.3 Å². The van der Waals surface area contributed by atoms with E-state index in [9.17, 15) is 22.8 Å². The van der Waals surface area contributed by atoms with Crippen LogP contribution in [0.2, 0.25) is 0 Å². The zero-order valence-corrected chi connectivity index (χ0v) is 14.2. The van der Waals surface area contributed by atoms with E-state index in [4.69, 9.17) is 9.47 Å². The molecule has 26 heavy (non-hydrogen) atoms. The lowest BCUT2D eigenvalue weighted by molar-refractivity contribution is -0.142. The molecular weight excluding hydrogens is 349 g/mol. The van der Waals surface area contributed by atoms with E-state index in [1.54, 1.807) is 26.0 Å². The Morgan fingerprint density at radius 3 is 2.50 bits per heavy atom. The van der Waals surface area contributed by atoms with Gasteiger partial charge in [0.15, 0.2) is 6.29 Å². The Hall–Kier alpha value is -2.83. The summed E-state index contributed by atoms with van der Waals surface area (Å²) in [7, 11) is 0. The van der Waals surface area contributed by atoms with E-state index in [2.05, 4.69) is 0 Å². The van der Waals surface area contributed by atoms with Gasteiger partial charge < -0.3 is 9.47 Å². The summed E-state index contributed by atoms with van der Waals surface area (Å²) < 4.78 is 49.7. The molecule has 0 aliphatic rings. The maximum atomic E-state index is 13.1. The summed E-state index contributed by atoms with van der Waals surface area (Å²) in [5.41, 5.74) is 0.183. The van der Waals surface area contributed by atoms with Crippen molar-refractivity contribution in [3.05, 3.63) is 58.7 Å². The van der Waals surface area contributed by atoms with E-state index >= 15 is 0 Å². The van der Waals surface area contributed by atoms with Crippen LogP contribution < -0.4 is 4.74 Å². The highest BCUT2D eigenvalue weighted by Gasteiger charge is 2.31. The van der Waals surface area contributed by atoms with Crippen LogP contribution in [0.25, 0.3) is 0 Å². The second-order valence-electron chi connectivity index (χ2n) is 5.61. The molecule has 2 aromatic rings.